The monoisotopic (exact) mass is 286 g/mol. The van der Waals surface area contributed by atoms with Gasteiger partial charge in [0.25, 0.3) is 5.91 Å². The van der Waals surface area contributed by atoms with E-state index in [0.717, 1.165) is 22.2 Å². The van der Waals surface area contributed by atoms with E-state index < -0.39 is 5.97 Å². The van der Waals surface area contributed by atoms with Crippen molar-refractivity contribution >= 4 is 22.8 Å². The number of hydrogen-bond donors (Lipinski definition) is 0. The summed E-state index contributed by atoms with van der Waals surface area (Å²) in [5, 5.41) is 0.739. The number of amides is 1. The number of pyridine rings is 1. The van der Waals surface area contributed by atoms with Gasteiger partial charge in [0.1, 0.15) is 0 Å². The Morgan fingerprint density at radius 1 is 1.19 bits per heavy atom. The number of benzene rings is 1. The van der Waals surface area contributed by atoms with Crippen LogP contribution in [-0.4, -0.2) is 42.5 Å². The van der Waals surface area contributed by atoms with Crippen molar-refractivity contribution in [1.29, 1.82) is 0 Å². The Balaban J connectivity index is 2.34. The van der Waals surface area contributed by atoms with Crippen molar-refractivity contribution in [2.24, 2.45) is 0 Å². The number of aromatic nitrogens is 1. The van der Waals surface area contributed by atoms with Gasteiger partial charge in [-0.3, -0.25) is 9.78 Å². The standard InChI is InChI=1S/C16H18N2O3/c1-10-5-6-14-12(7-10)13(8-11(2)17-14)16(20)21-9-15(19)18(3)4/h5-8H,9H2,1-4H3. The molecule has 1 heterocycles. The summed E-state index contributed by atoms with van der Waals surface area (Å²) in [6.07, 6.45) is 0. The molecular weight excluding hydrogens is 268 g/mol. The van der Waals surface area contributed by atoms with Crippen molar-refractivity contribution in [3.05, 3.63) is 41.1 Å². The van der Waals surface area contributed by atoms with Crippen molar-refractivity contribution in [2.45, 2.75) is 13.8 Å². The molecule has 1 aromatic carbocycles. The number of carbonyl (C=O) groups is 2. The van der Waals surface area contributed by atoms with Gasteiger partial charge in [0.05, 0.1) is 11.1 Å². The molecule has 21 heavy (non-hydrogen) atoms. The second-order valence-corrected chi connectivity index (χ2v) is 5.20. The van der Waals surface area contributed by atoms with Gasteiger partial charge in [-0.05, 0) is 32.0 Å². The van der Waals surface area contributed by atoms with E-state index >= 15 is 0 Å². The summed E-state index contributed by atoms with van der Waals surface area (Å²) in [6.45, 7) is 3.51. The molecule has 5 nitrogen and oxygen atoms in total. The molecule has 5 heteroatoms. The lowest BCUT2D eigenvalue weighted by atomic mass is 10.1. The summed E-state index contributed by atoms with van der Waals surface area (Å²) in [6, 6.07) is 7.40. The van der Waals surface area contributed by atoms with Crippen LogP contribution in [0.5, 0.6) is 0 Å². The van der Waals surface area contributed by atoms with Gasteiger partial charge in [0.15, 0.2) is 6.61 Å². The van der Waals surface area contributed by atoms with Gasteiger partial charge >= 0.3 is 5.97 Å². The second-order valence-electron chi connectivity index (χ2n) is 5.20. The van der Waals surface area contributed by atoms with Crippen LogP contribution in [0.1, 0.15) is 21.6 Å². The van der Waals surface area contributed by atoms with Gasteiger partial charge in [-0.2, -0.15) is 0 Å². The van der Waals surface area contributed by atoms with E-state index in [9.17, 15) is 9.59 Å². The van der Waals surface area contributed by atoms with Crippen molar-refractivity contribution in [3.63, 3.8) is 0 Å². The molecule has 0 aliphatic heterocycles. The van der Waals surface area contributed by atoms with Crippen molar-refractivity contribution in [2.75, 3.05) is 20.7 Å². The maximum Gasteiger partial charge on any atom is 0.339 e. The number of carbonyl (C=O) groups excluding carboxylic acids is 2. The Hall–Kier alpha value is -2.43. The zero-order valence-corrected chi connectivity index (χ0v) is 12.6. The molecule has 0 saturated carbocycles. The number of fused-ring (bicyclic) bond motifs is 1. The Labute approximate surface area is 123 Å². The third kappa shape index (κ3) is 3.37. The van der Waals surface area contributed by atoms with Crippen LogP contribution in [0.25, 0.3) is 10.9 Å². The third-order valence-electron chi connectivity index (χ3n) is 3.14. The van der Waals surface area contributed by atoms with Crippen LogP contribution < -0.4 is 0 Å². The lowest BCUT2D eigenvalue weighted by Gasteiger charge is -2.12. The SMILES string of the molecule is Cc1ccc2nc(C)cc(C(=O)OCC(=O)N(C)C)c2c1. The van der Waals surface area contributed by atoms with Gasteiger partial charge < -0.3 is 9.64 Å². The predicted molar refractivity (Wildman–Crippen MR) is 80.2 cm³/mol. The maximum absolute atomic E-state index is 12.2. The molecule has 0 spiro atoms. The minimum absolute atomic E-state index is 0.255. The summed E-state index contributed by atoms with van der Waals surface area (Å²) in [5.41, 5.74) is 2.95. The van der Waals surface area contributed by atoms with Gasteiger partial charge in [0, 0.05) is 25.2 Å². The van der Waals surface area contributed by atoms with Gasteiger partial charge in [-0.1, -0.05) is 11.6 Å². The van der Waals surface area contributed by atoms with E-state index in [0.29, 0.717) is 5.56 Å². The molecule has 2 aromatic rings. The number of hydrogen-bond acceptors (Lipinski definition) is 4. The third-order valence-corrected chi connectivity index (χ3v) is 3.14. The smallest absolute Gasteiger partial charge is 0.339 e. The topological polar surface area (TPSA) is 59.5 Å². The first-order chi connectivity index (χ1) is 9.88. The molecule has 0 atom stereocenters. The van der Waals surface area contributed by atoms with Crippen molar-refractivity contribution in [3.8, 4) is 0 Å². The summed E-state index contributed by atoms with van der Waals surface area (Å²) in [7, 11) is 3.23. The predicted octanol–water partition coefficient (Wildman–Crippen LogP) is 2.10. The first-order valence-electron chi connectivity index (χ1n) is 6.64. The molecule has 0 aliphatic carbocycles. The fourth-order valence-corrected chi connectivity index (χ4v) is 1.98. The van der Waals surface area contributed by atoms with Gasteiger partial charge in [-0.15, -0.1) is 0 Å². The average Bonchev–Trinajstić information content (AvgIpc) is 2.43. The molecule has 0 N–H and O–H groups in total. The summed E-state index contributed by atoms with van der Waals surface area (Å²) in [4.78, 5) is 29.5. The molecule has 110 valence electrons. The van der Waals surface area contributed by atoms with Gasteiger partial charge in [-0.25, -0.2) is 4.79 Å². The Morgan fingerprint density at radius 3 is 2.57 bits per heavy atom. The molecule has 1 aromatic heterocycles. The molecule has 1 amide bonds. The number of nitrogens with zero attached hydrogens (tertiary/aromatic N) is 2. The summed E-state index contributed by atoms with van der Waals surface area (Å²) < 4.78 is 5.10. The van der Waals surface area contributed by atoms with E-state index in [1.165, 1.54) is 4.90 Å². The van der Waals surface area contributed by atoms with Crippen LogP contribution in [0.4, 0.5) is 0 Å². The number of esters is 1. The molecule has 0 saturated heterocycles. The molecule has 0 radical (unpaired) electrons. The molecular formula is C16H18N2O3. The minimum atomic E-state index is -0.508. The number of likely N-dealkylation sites (N-methyl/N-ethyl adjacent to an activating group) is 1. The number of aryl methyl sites for hydroxylation is 2. The van der Waals surface area contributed by atoms with E-state index in [4.69, 9.17) is 4.74 Å². The Bertz CT molecular complexity index is 708. The molecule has 0 fully saturated rings. The highest BCUT2D eigenvalue weighted by atomic mass is 16.5. The van der Waals surface area contributed by atoms with Crippen LogP contribution >= 0.6 is 0 Å². The number of rotatable bonds is 3. The highest BCUT2D eigenvalue weighted by Crippen LogP contribution is 2.20. The zero-order valence-electron chi connectivity index (χ0n) is 12.6. The molecule has 0 aliphatic rings. The quantitative estimate of drug-likeness (QED) is 0.811. The van der Waals surface area contributed by atoms with Gasteiger partial charge in [0.2, 0.25) is 0 Å². The van der Waals surface area contributed by atoms with E-state index in [-0.39, 0.29) is 12.5 Å². The highest BCUT2D eigenvalue weighted by molar-refractivity contribution is 6.04. The van der Waals surface area contributed by atoms with Crippen LogP contribution in [0.15, 0.2) is 24.3 Å². The number of ether oxygens (including phenoxy) is 1. The van der Waals surface area contributed by atoms with Crippen molar-refractivity contribution in [1.82, 2.24) is 9.88 Å². The molecule has 0 bridgehead atoms. The second kappa shape index (κ2) is 5.91. The fraction of sp³-hybridized carbons (Fsp3) is 0.312. The maximum atomic E-state index is 12.2. The Kier molecular flexibility index (Phi) is 4.21. The van der Waals surface area contributed by atoms with Crippen LogP contribution in [0.2, 0.25) is 0 Å². The highest BCUT2D eigenvalue weighted by Gasteiger charge is 2.15. The van der Waals surface area contributed by atoms with Crippen LogP contribution in [0.3, 0.4) is 0 Å². The molecule has 0 unspecified atom stereocenters. The summed E-state index contributed by atoms with van der Waals surface area (Å²) >= 11 is 0. The van der Waals surface area contributed by atoms with Crippen LogP contribution in [-0.2, 0) is 9.53 Å². The van der Waals surface area contributed by atoms with Crippen LogP contribution in [0, 0.1) is 13.8 Å². The lowest BCUT2D eigenvalue weighted by Crippen LogP contribution is -2.27. The first kappa shape index (κ1) is 15.0. The van der Waals surface area contributed by atoms with E-state index in [1.807, 2.05) is 32.0 Å². The Morgan fingerprint density at radius 2 is 1.90 bits per heavy atom. The first-order valence-corrected chi connectivity index (χ1v) is 6.64. The van der Waals surface area contributed by atoms with E-state index in [1.54, 1.807) is 20.2 Å². The van der Waals surface area contributed by atoms with Crippen molar-refractivity contribution < 1.29 is 14.3 Å². The largest absolute Gasteiger partial charge is 0.452 e. The van der Waals surface area contributed by atoms with E-state index in [2.05, 4.69) is 4.98 Å². The summed E-state index contributed by atoms with van der Waals surface area (Å²) in [5.74, 6) is -0.763. The lowest BCUT2D eigenvalue weighted by molar-refractivity contribution is -0.131. The zero-order chi connectivity index (χ0) is 15.6. The minimum Gasteiger partial charge on any atom is -0.452 e. The normalized spacial score (nSPS) is 10.5. The average molecular weight is 286 g/mol. The molecule has 2 rings (SSSR count). The fourth-order valence-electron chi connectivity index (χ4n) is 1.98.